The first kappa shape index (κ1) is 14.3. The van der Waals surface area contributed by atoms with Crippen LogP contribution < -0.4 is 5.32 Å². The number of phenols is 1. The lowest BCUT2D eigenvalue weighted by Gasteiger charge is -2.31. The van der Waals surface area contributed by atoms with Gasteiger partial charge in [-0.15, -0.1) is 0 Å². The first-order chi connectivity index (χ1) is 9.06. The summed E-state index contributed by atoms with van der Waals surface area (Å²) in [6.07, 6.45) is 0.230. The fraction of sp³-hybridized carbons (Fsp3) is 0.600. The molecule has 1 aliphatic rings. The number of ether oxygens (including phenoxy) is 1. The van der Waals surface area contributed by atoms with Crippen LogP contribution in [0.25, 0.3) is 0 Å². The predicted octanol–water partition coefficient (Wildman–Crippen LogP) is 1.68. The van der Waals surface area contributed by atoms with Gasteiger partial charge in [-0.25, -0.2) is 0 Å². The predicted molar refractivity (Wildman–Crippen MR) is 76.5 cm³/mol. The van der Waals surface area contributed by atoms with Crippen LogP contribution in [0.1, 0.15) is 24.1 Å². The van der Waals surface area contributed by atoms with Gasteiger partial charge in [-0.2, -0.15) is 0 Å². The summed E-state index contributed by atoms with van der Waals surface area (Å²) in [4.78, 5) is 2.28. The van der Waals surface area contributed by atoms with Crippen molar-refractivity contribution in [2.24, 2.45) is 0 Å². The standard InChI is InChI=1S/C15H24N2O2/c1-11-4-5-14(15(18)8-11)12(2)16-9-13-10-17(3)6-7-19-13/h4-5,8,12-13,16,18H,6-7,9-10H2,1-3H3. The third-order valence-corrected chi connectivity index (χ3v) is 3.65. The quantitative estimate of drug-likeness (QED) is 0.868. The number of nitrogens with zero attached hydrogens (tertiary/aromatic N) is 1. The van der Waals surface area contributed by atoms with E-state index in [9.17, 15) is 5.11 Å². The third kappa shape index (κ3) is 3.93. The first-order valence-corrected chi connectivity index (χ1v) is 6.89. The molecule has 4 heteroatoms. The van der Waals surface area contributed by atoms with E-state index in [1.165, 1.54) is 0 Å². The van der Waals surface area contributed by atoms with Gasteiger partial charge in [-0.05, 0) is 32.5 Å². The molecule has 2 N–H and O–H groups in total. The van der Waals surface area contributed by atoms with Crippen LogP contribution in [0.3, 0.4) is 0 Å². The Labute approximate surface area is 115 Å². The normalized spacial score (nSPS) is 22.4. The molecule has 0 saturated carbocycles. The number of nitrogens with one attached hydrogen (secondary N) is 1. The van der Waals surface area contributed by atoms with Crippen LogP contribution in [-0.4, -0.2) is 49.4 Å². The molecule has 0 bridgehead atoms. The topological polar surface area (TPSA) is 44.7 Å². The summed E-state index contributed by atoms with van der Waals surface area (Å²) in [5.74, 6) is 0.363. The Balaban J connectivity index is 1.88. The van der Waals surface area contributed by atoms with Crippen molar-refractivity contribution in [2.45, 2.75) is 26.0 Å². The van der Waals surface area contributed by atoms with Gasteiger partial charge in [0.1, 0.15) is 5.75 Å². The van der Waals surface area contributed by atoms with Crippen molar-refractivity contribution in [2.75, 3.05) is 33.3 Å². The van der Waals surface area contributed by atoms with Gasteiger partial charge in [0, 0.05) is 31.2 Å². The van der Waals surface area contributed by atoms with E-state index < -0.39 is 0 Å². The lowest BCUT2D eigenvalue weighted by molar-refractivity contribution is -0.0191. The summed E-state index contributed by atoms with van der Waals surface area (Å²) < 4.78 is 5.72. The molecule has 0 amide bonds. The average Bonchev–Trinajstić information content (AvgIpc) is 2.36. The molecule has 0 aromatic heterocycles. The molecule has 19 heavy (non-hydrogen) atoms. The minimum absolute atomic E-state index is 0.122. The Hall–Kier alpha value is -1.10. The van der Waals surface area contributed by atoms with Crippen molar-refractivity contribution in [3.05, 3.63) is 29.3 Å². The van der Waals surface area contributed by atoms with Gasteiger partial charge in [0.25, 0.3) is 0 Å². The molecular weight excluding hydrogens is 240 g/mol. The molecule has 2 unspecified atom stereocenters. The summed E-state index contributed by atoms with van der Waals surface area (Å²) in [6, 6.07) is 5.93. The molecule has 1 aromatic rings. The summed E-state index contributed by atoms with van der Waals surface area (Å²) in [7, 11) is 2.12. The van der Waals surface area contributed by atoms with E-state index in [-0.39, 0.29) is 12.1 Å². The van der Waals surface area contributed by atoms with Crippen LogP contribution in [-0.2, 0) is 4.74 Å². The summed E-state index contributed by atoms with van der Waals surface area (Å²) in [5, 5.41) is 13.4. The average molecular weight is 264 g/mol. The van der Waals surface area contributed by atoms with Crippen LogP contribution >= 0.6 is 0 Å². The zero-order chi connectivity index (χ0) is 13.8. The lowest BCUT2D eigenvalue weighted by Crippen LogP contribution is -2.45. The summed E-state index contributed by atoms with van der Waals surface area (Å²) in [6.45, 7) is 7.61. The van der Waals surface area contributed by atoms with Gasteiger partial charge >= 0.3 is 0 Å². The number of phenolic OH excluding ortho intramolecular Hbond substituents is 1. The number of hydrogen-bond acceptors (Lipinski definition) is 4. The van der Waals surface area contributed by atoms with E-state index in [0.717, 1.165) is 37.4 Å². The highest BCUT2D eigenvalue weighted by Crippen LogP contribution is 2.24. The molecule has 2 atom stereocenters. The second kappa shape index (κ2) is 6.37. The zero-order valence-electron chi connectivity index (χ0n) is 12.0. The van der Waals surface area contributed by atoms with Crippen LogP contribution in [0.5, 0.6) is 5.75 Å². The smallest absolute Gasteiger partial charge is 0.120 e. The van der Waals surface area contributed by atoms with Gasteiger partial charge < -0.3 is 20.1 Å². The fourth-order valence-electron chi connectivity index (χ4n) is 2.43. The Morgan fingerprint density at radius 2 is 2.32 bits per heavy atom. The summed E-state index contributed by atoms with van der Waals surface area (Å²) >= 11 is 0. The molecule has 0 aliphatic carbocycles. The van der Waals surface area contributed by atoms with Crippen molar-refractivity contribution >= 4 is 0 Å². The zero-order valence-corrected chi connectivity index (χ0v) is 12.0. The van der Waals surface area contributed by atoms with Crippen molar-refractivity contribution in [3.63, 3.8) is 0 Å². The molecule has 4 nitrogen and oxygen atoms in total. The minimum atomic E-state index is 0.122. The number of hydrogen-bond donors (Lipinski definition) is 2. The maximum Gasteiger partial charge on any atom is 0.120 e. The highest BCUT2D eigenvalue weighted by atomic mass is 16.5. The Bertz CT molecular complexity index is 423. The van der Waals surface area contributed by atoms with Crippen molar-refractivity contribution < 1.29 is 9.84 Å². The monoisotopic (exact) mass is 264 g/mol. The maximum atomic E-state index is 9.96. The molecule has 1 saturated heterocycles. The fourth-order valence-corrected chi connectivity index (χ4v) is 2.43. The molecular formula is C15H24N2O2. The number of rotatable bonds is 4. The number of aromatic hydroxyl groups is 1. The number of morpholine rings is 1. The van der Waals surface area contributed by atoms with Gasteiger partial charge in [-0.3, -0.25) is 0 Å². The Morgan fingerprint density at radius 3 is 3.00 bits per heavy atom. The van der Waals surface area contributed by atoms with E-state index in [1.807, 2.05) is 19.1 Å². The Kier molecular flexibility index (Phi) is 4.80. The third-order valence-electron chi connectivity index (χ3n) is 3.65. The van der Waals surface area contributed by atoms with E-state index >= 15 is 0 Å². The van der Waals surface area contributed by atoms with Crippen LogP contribution in [0.2, 0.25) is 0 Å². The largest absolute Gasteiger partial charge is 0.508 e. The molecule has 0 radical (unpaired) electrons. The van der Waals surface area contributed by atoms with E-state index in [4.69, 9.17) is 4.74 Å². The second-order valence-corrected chi connectivity index (χ2v) is 5.45. The SMILES string of the molecule is Cc1ccc(C(C)NCC2CN(C)CCO2)c(O)c1. The molecule has 0 spiro atoms. The second-order valence-electron chi connectivity index (χ2n) is 5.45. The first-order valence-electron chi connectivity index (χ1n) is 6.89. The highest BCUT2D eigenvalue weighted by molar-refractivity contribution is 5.37. The van der Waals surface area contributed by atoms with Crippen molar-refractivity contribution in [3.8, 4) is 5.75 Å². The molecule has 1 aromatic carbocycles. The van der Waals surface area contributed by atoms with Crippen molar-refractivity contribution in [1.29, 1.82) is 0 Å². The van der Waals surface area contributed by atoms with E-state index in [2.05, 4.69) is 24.2 Å². The van der Waals surface area contributed by atoms with E-state index in [1.54, 1.807) is 6.07 Å². The van der Waals surface area contributed by atoms with Gasteiger partial charge in [-0.1, -0.05) is 12.1 Å². The Morgan fingerprint density at radius 1 is 1.53 bits per heavy atom. The number of benzene rings is 1. The molecule has 1 heterocycles. The number of aryl methyl sites for hydroxylation is 1. The highest BCUT2D eigenvalue weighted by Gasteiger charge is 2.19. The number of likely N-dealkylation sites (N-methyl/N-ethyl adjacent to an activating group) is 1. The van der Waals surface area contributed by atoms with Crippen LogP contribution in [0.15, 0.2) is 18.2 Å². The molecule has 2 rings (SSSR count). The lowest BCUT2D eigenvalue weighted by atomic mass is 10.0. The van der Waals surface area contributed by atoms with Crippen molar-refractivity contribution in [1.82, 2.24) is 10.2 Å². The molecule has 1 fully saturated rings. The summed E-state index contributed by atoms with van der Waals surface area (Å²) in [5.41, 5.74) is 2.01. The van der Waals surface area contributed by atoms with E-state index in [0.29, 0.717) is 5.75 Å². The molecule has 106 valence electrons. The van der Waals surface area contributed by atoms with Crippen LogP contribution in [0.4, 0.5) is 0 Å². The maximum absolute atomic E-state index is 9.96. The van der Waals surface area contributed by atoms with Gasteiger partial charge in [0.15, 0.2) is 0 Å². The minimum Gasteiger partial charge on any atom is -0.508 e. The van der Waals surface area contributed by atoms with Gasteiger partial charge in [0.2, 0.25) is 0 Å². The molecule has 1 aliphatic heterocycles. The van der Waals surface area contributed by atoms with Crippen LogP contribution in [0, 0.1) is 6.92 Å². The van der Waals surface area contributed by atoms with Gasteiger partial charge in [0.05, 0.1) is 12.7 Å².